The second kappa shape index (κ2) is 6.42. The van der Waals surface area contributed by atoms with Crippen molar-refractivity contribution < 1.29 is 5.11 Å². The standard InChI is InChI=1S/C18H22O/c1-3-4-9-14(2)15-10-5-6-11-16(15)17-12-7-8-13-18(17)19/h5-8,10-14,19H,3-4,9H2,1-2H3. The zero-order chi connectivity index (χ0) is 13.7. The van der Waals surface area contributed by atoms with Crippen molar-refractivity contribution in [1.29, 1.82) is 0 Å². The Kier molecular flexibility index (Phi) is 4.62. The van der Waals surface area contributed by atoms with Crippen LogP contribution in [0.1, 0.15) is 44.6 Å². The number of hydrogen-bond donors (Lipinski definition) is 1. The minimum atomic E-state index is 0.359. The third-order valence-electron chi connectivity index (χ3n) is 3.68. The first-order valence-electron chi connectivity index (χ1n) is 7.11. The molecule has 0 heterocycles. The fourth-order valence-corrected chi connectivity index (χ4v) is 2.54. The fourth-order valence-electron chi connectivity index (χ4n) is 2.54. The summed E-state index contributed by atoms with van der Waals surface area (Å²) in [7, 11) is 0. The summed E-state index contributed by atoms with van der Waals surface area (Å²) in [5.74, 6) is 0.883. The monoisotopic (exact) mass is 254 g/mol. The van der Waals surface area contributed by atoms with Crippen LogP contribution in [0, 0.1) is 0 Å². The molecule has 0 aliphatic carbocycles. The molecule has 0 aliphatic heterocycles. The van der Waals surface area contributed by atoms with Crippen molar-refractivity contribution in [3.8, 4) is 16.9 Å². The molecule has 1 heteroatoms. The van der Waals surface area contributed by atoms with E-state index in [1.165, 1.54) is 24.8 Å². The molecule has 0 spiro atoms. The quantitative estimate of drug-likeness (QED) is 0.762. The molecular formula is C18H22O. The summed E-state index contributed by atoms with van der Waals surface area (Å²) in [6, 6.07) is 16.0. The predicted molar refractivity (Wildman–Crippen MR) is 81.5 cm³/mol. The van der Waals surface area contributed by atoms with Gasteiger partial charge in [0.1, 0.15) is 5.75 Å². The maximum absolute atomic E-state index is 10.0. The molecule has 0 saturated carbocycles. The van der Waals surface area contributed by atoms with Gasteiger partial charge < -0.3 is 5.11 Å². The number of hydrogen-bond acceptors (Lipinski definition) is 1. The lowest BCUT2D eigenvalue weighted by Crippen LogP contribution is -1.97. The Morgan fingerprint density at radius 3 is 2.26 bits per heavy atom. The molecule has 19 heavy (non-hydrogen) atoms. The Bertz CT molecular complexity index is 531. The molecule has 1 N–H and O–H groups in total. The molecule has 0 aliphatic rings. The molecule has 0 fully saturated rings. The van der Waals surface area contributed by atoms with E-state index in [-0.39, 0.29) is 0 Å². The summed E-state index contributed by atoms with van der Waals surface area (Å²) in [4.78, 5) is 0. The molecule has 0 aromatic heterocycles. The van der Waals surface area contributed by atoms with Crippen LogP contribution in [0.4, 0.5) is 0 Å². The summed E-state index contributed by atoms with van der Waals surface area (Å²) in [5.41, 5.74) is 3.42. The molecule has 0 radical (unpaired) electrons. The van der Waals surface area contributed by atoms with Crippen molar-refractivity contribution >= 4 is 0 Å². The van der Waals surface area contributed by atoms with Gasteiger partial charge in [0.05, 0.1) is 0 Å². The Morgan fingerprint density at radius 2 is 1.58 bits per heavy atom. The maximum Gasteiger partial charge on any atom is 0.123 e. The van der Waals surface area contributed by atoms with E-state index in [4.69, 9.17) is 0 Å². The third kappa shape index (κ3) is 3.17. The van der Waals surface area contributed by atoms with Gasteiger partial charge in [0, 0.05) is 5.56 Å². The van der Waals surface area contributed by atoms with Crippen LogP contribution < -0.4 is 0 Å². The normalized spacial score (nSPS) is 12.3. The molecule has 2 aromatic carbocycles. The van der Waals surface area contributed by atoms with E-state index < -0.39 is 0 Å². The van der Waals surface area contributed by atoms with Crippen LogP contribution in [0.3, 0.4) is 0 Å². The van der Waals surface area contributed by atoms with E-state index in [2.05, 4.69) is 32.0 Å². The number of para-hydroxylation sites is 1. The SMILES string of the molecule is CCCCC(C)c1ccccc1-c1ccccc1O. The molecule has 2 aromatic rings. The van der Waals surface area contributed by atoms with Crippen LogP contribution in [0.15, 0.2) is 48.5 Å². The van der Waals surface area contributed by atoms with Crippen LogP contribution in [-0.2, 0) is 0 Å². The van der Waals surface area contributed by atoms with Gasteiger partial charge in [-0.15, -0.1) is 0 Å². The van der Waals surface area contributed by atoms with Crippen LogP contribution in [0.5, 0.6) is 5.75 Å². The lowest BCUT2D eigenvalue weighted by Gasteiger charge is -2.17. The lowest BCUT2D eigenvalue weighted by atomic mass is 9.88. The smallest absolute Gasteiger partial charge is 0.123 e. The fraction of sp³-hybridized carbons (Fsp3) is 0.333. The van der Waals surface area contributed by atoms with Gasteiger partial charge >= 0.3 is 0 Å². The number of phenolic OH excluding ortho intramolecular Hbond substituents is 1. The summed E-state index contributed by atoms with van der Waals surface area (Å²) in [6.07, 6.45) is 3.67. The number of phenols is 1. The van der Waals surface area contributed by atoms with Gasteiger partial charge in [-0.2, -0.15) is 0 Å². The van der Waals surface area contributed by atoms with Crippen molar-refractivity contribution in [2.24, 2.45) is 0 Å². The van der Waals surface area contributed by atoms with Gasteiger partial charge in [-0.1, -0.05) is 69.2 Å². The van der Waals surface area contributed by atoms with Crippen LogP contribution in [-0.4, -0.2) is 5.11 Å². The molecular weight excluding hydrogens is 232 g/mol. The summed E-state index contributed by atoms with van der Waals surface area (Å²) >= 11 is 0. The largest absolute Gasteiger partial charge is 0.507 e. The molecule has 1 nitrogen and oxygen atoms in total. The average molecular weight is 254 g/mol. The first kappa shape index (κ1) is 13.7. The molecule has 1 unspecified atom stereocenters. The van der Waals surface area contributed by atoms with Gasteiger partial charge in [0.2, 0.25) is 0 Å². The lowest BCUT2D eigenvalue weighted by molar-refractivity contribution is 0.477. The van der Waals surface area contributed by atoms with Crippen molar-refractivity contribution in [1.82, 2.24) is 0 Å². The number of aromatic hydroxyl groups is 1. The van der Waals surface area contributed by atoms with Crippen molar-refractivity contribution in [3.05, 3.63) is 54.1 Å². The van der Waals surface area contributed by atoms with Gasteiger partial charge in [0.25, 0.3) is 0 Å². The van der Waals surface area contributed by atoms with E-state index >= 15 is 0 Å². The third-order valence-corrected chi connectivity index (χ3v) is 3.68. The highest BCUT2D eigenvalue weighted by Crippen LogP contribution is 2.35. The highest BCUT2D eigenvalue weighted by Gasteiger charge is 2.13. The second-order valence-corrected chi connectivity index (χ2v) is 5.15. The Morgan fingerprint density at radius 1 is 0.947 bits per heavy atom. The topological polar surface area (TPSA) is 20.2 Å². The van der Waals surface area contributed by atoms with Gasteiger partial charge in [-0.05, 0) is 29.5 Å². The summed E-state index contributed by atoms with van der Waals surface area (Å²) in [5, 5.41) is 10.0. The number of rotatable bonds is 5. The second-order valence-electron chi connectivity index (χ2n) is 5.15. The number of unbranched alkanes of at least 4 members (excludes halogenated alkanes) is 1. The van der Waals surface area contributed by atoms with Crippen molar-refractivity contribution in [2.75, 3.05) is 0 Å². The van der Waals surface area contributed by atoms with E-state index in [1.807, 2.05) is 24.3 Å². The molecule has 2 rings (SSSR count). The highest BCUT2D eigenvalue weighted by molar-refractivity contribution is 5.73. The molecule has 0 saturated heterocycles. The summed E-state index contributed by atoms with van der Waals surface area (Å²) in [6.45, 7) is 4.50. The minimum absolute atomic E-state index is 0.359. The van der Waals surface area contributed by atoms with Crippen molar-refractivity contribution in [3.63, 3.8) is 0 Å². The van der Waals surface area contributed by atoms with E-state index in [1.54, 1.807) is 6.07 Å². The van der Waals surface area contributed by atoms with Gasteiger partial charge in [0.15, 0.2) is 0 Å². The first-order valence-corrected chi connectivity index (χ1v) is 7.11. The zero-order valence-corrected chi connectivity index (χ0v) is 11.8. The maximum atomic E-state index is 10.0. The zero-order valence-electron chi connectivity index (χ0n) is 11.8. The van der Waals surface area contributed by atoms with E-state index in [9.17, 15) is 5.11 Å². The molecule has 0 amide bonds. The van der Waals surface area contributed by atoms with E-state index in [0.29, 0.717) is 11.7 Å². The average Bonchev–Trinajstić information content (AvgIpc) is 2.45. The molecule has 1 atom stereocenters. The first-order chi connectivity index (χ1) is 9.24. The van der Waals surface area contributed by atoms with Gasteiger partial charge in [-0.25, -0.2) is 0 Å². The van der Waals surface area contributed by atoms with Crippen LogP contribution in [0.2, 0.25) is 0 Å². The predicted octanol–water partition coefficient (Wildman–Crippen LogP) is 5.35. The Labute approximate surface area is 115 Å². The minimum Gasteiger partial charge on any atom is -0.507 e. The van der Waals surface area contributed by atoms with Crippen LogP contribution in [0.25, 0.3) is 11.1 Å². The highest BCUT2D eigenvalue weighted by atomic mass is 16.3. The Balaban J connectivity index is 2.39. The van der Waals surface area contributed by atoms with Crippen LogP contribution >= 0.6 is 0 Å². The molecule has 0 bridgehead atoms. The summed E-state index contributed by atoms with van der Waals surface area (Å²) < 4.78 is 0. The Hall–Kier alpha value is -1.76. The van der Waals surface area contributed by atoms with Gasteiger partial charge in [-0.3, -0.25) is 0 Å². The van der Waals surface area contributed by atoms with E-state index in [0.717, 1.165) is 11.1 Å². The number of benzene rings is 2. The van der Waals surface area contributed by atoms with Crippen molar-refractivity contribution in [2.45, 2.75) is 39.0 Å². The molecule has 100 valence electrons.